The maximum atomic E-state index is 4.23. The number of hydrogen-bond donors (Lipinski definition) is 0. The monoisotopic (exact) mass is 395 g/mol. The third-order valence-corrected chi connectivity index (χ3v) is 7.17. The van der Waals surface area contributed by atoms with Gasteiger partial charge in [0.25, 0.3) is 0 Å². The summed E-state index contributed by atoms with van der Waals surface area (Å²) in [5.41, 5.74) is 3.73. The van der Waals surface area contributed by atoms with Crippen LogP contribution in [0.25, 0.3) is 0 Å². The zero-order chi connectivity index (χ0) is 19.5. The van der Waals surface area contributed by atoms with Crippen LogP contribution in [0.4, 0.5) is 5.69 Å². The molecular weight excluding hydrogens is 374 g/mol. The van der Waals surface area contributed by atoms with E-state index in [0.29, 0.717) is 0 Å². The van der Waals surface area contributed by atoms with Crippen molar-refractivity contribution >= 4 is 21.2 Å². The second-order valence-corrected chi connectivity index (χ2v) is 8.67. The normalized spacial score (nSPS) is 16.1. The third-order valence-electron chi connectivity index (χ3n) is 4.87. The van der Waals surface area contributed by atoms with Gasteiger partial charge in [-0.25, -0.2) is 4.98 Å². The van der Waals surface area contributed by atoms with Crippen LogP contribution in [0.1, 0.15) is 5.56 Å². The number of anilines is 1. The second-order valence-electron chi connectivity index (χ2n) is 6.83. The lowest BCUT2D eigenvalue weighted by Gasteiger charge is -2.28. The topological polar surface area (TPSA) is 21.1 Å². The van der Waals surface area contributed by atoms with Gasteiger partial charge >= 0.3 is 0 Å². The summed E-state index contributed by atoms with van der Waals surface area (Å²) < 4.78 is 4.61. The van der Waals surface area contributed by atoms with Gasteiger partial charge in [0, 0.05) is 22.2 Å². The predicted molar refractivity (Wildman–Crippen MR) is 122 cm³/mol. The third kappa shape index (κ3) is 3.55. The van der Waals surface area contributed by atoms with Crippen LogP contribution in [-0.2, 0) is 6.54 Å². The average molecular weight is 396 g/mol. The molecule has 0 spiro atoms. The molecule has 0 N–H and O–H groups in total. The van der Waals surface area contributed by atoms with Crippen molar-refractivity contribution in [2.75, 3.05) is 4.31 Å². The van der Waals surface area contributed by atoms with Gasteiger partial charge in [0.1, 0.15) is 0 Å². The smallest absolute Gasteiger partial charge is 0.0949 e. The molecule has 4 aromatic rings. The van der Waals surface area contributed by atoms with E-state index in [2.05, 4.69) is 111 Å². The van der Waals surface area contributed by atoms with Gasteiger partial charge in [-0.3, -0.25) is 4.31 Å². The highest BCUT2D eigenvalue weighted by Crippen LogP contribution is 2.45. The first-order chi connectivity index (χ1) is 14.4. The van der Waals surface area contributed by atoms with Crippen molar-refractivity contribution in [3.05, 3.63) is 127 Å². The van der Waals surface area contributed by atoms with Gasteiger partial charge in [0.15, 0.2) is 0 Å². The summed E-state index contributed by atoms with van der Waals surface area (Å²) in [5.74, 6) is 0. The molecule has 1 aromatic heterocycles. The van der Waals surface area contributed by atoms with E-state index in [1.54, 1.807) is 0 Å². The molecule has 5 rings (SSSR count). The molecule has 29 heavy (non-hydrogen) atoms. The first-order valence-corrected chi connectivity index (χ1v) is 10.8. The Morgan fingerprint density at radius 1 is 0.759 bits per heavy atom. The summed E-state index contributed by atoms with van der Waals surface area (Å²) in [6, 6.07) is 32.2. The quantitative estimate of drug-likeness (QED) is 0.401. The van der Waals surface area contributed by atoms with Gasteiger partial charge < -0.3 is 4.57 Å². The van der Waals surface area contributed by atoms with E-state index < -0.39 is 0 Å². The highest BCUT2D eigenvalue weighted by Gasteiger charge is 2.27. The number of benzene rings is 3. The van der Waals surface area contributed by atoms with Gasteiger partial charge in [-0.15, -0.1) is 0 Å². The lowest BCUT2D eigenvalue weighted by atomic mass is 10.1. The molecule has 0 saturated carbocycles. The van der Waals surface area contributed by atoms with Crippen LogP contribution in [0.3, 0.4) is 0 Å². The van der Waals surface area contributed by atoms with Crippen molar-refractivity contribution in [2.24, 2.45) is 0 Å². The van der Waals surface area contributed by atoms with Crippen molar-refractivity contribution in [3.8, 4) is 0 Å². The summed E-state index contributed by atoms with van der Waals surface area (Å²) in [6.07, 6.45) is 8.09. The number of hydrogen-bond acceptors (Lipinski definition) is 2. The molecule has 0 bridgehead atoms. The summed E-state index contributed by atoms with van der Waals surface area (Å²) in [7, 11) is -0.236. The van der Waals surface area contributed by atoms with E-state index in [-0.39, 0.29) is 10.7 Å². The van der Waals surface area contributed by atoms with Gasteiger partial charge in [-0.05, 0) is 46.6 Å². The van der Waals surface area contributed by atoms with E-state index in [9.17, 15) is 0 Å². The number of rotatable bonds is 5. The maximum Gasteiger partial charge on any atom is 0.0949 e. The highest BCUT2D eigenvalue weighted by atomic mass is 32.2. The van der Waals surface area contributed by atoms with Crippen molar-refractivity contribution in [3.63, 3.8) is 0 Å². The fourth-order valence-electron chi connectivity index (χ4n) is 3.57. The number of para-hydroxylation sites is 1. The minimum atomic E-state index is -0.236. The fraction of sp³-hybridized carbons (Fsp3) is 0.0400. The number of aromatic nitrogens is 2. The Bertz CT molecular complexity index is 1150. The maximum absolute atomic E-state index is 4.23. The molecule has 2 heterocycles. The van der Waals surface area contributed by atoms with Crippen LogP contribution in [-0.4, -0.2) is 14.4 Å². The molecule has 142 valence electrons. The first-order valence-electron chi connectivity index (χ1n) is 9.63. The van der Waals surface area contributed by atoms with Crippen LogP contribution in [0.2, 0.25) is 0 Å². The van der Waals surface area contributed by atoms with E-state index in [0.717, 1.165) is 6.54 Å². The lowest BCUT2D eigenvalue weighted by Crippen LogP contribution is -2.17. The molecule has 0 amide bonds. The Labute approximate surface area is 173 Å². The zero-order valence-electron chi connectivity index (χ0n) is 15.9. The van der Waals surface area contributed by atoms with Crippen molar-refractivity contribution in [1.29, 1.82) is 0 Å². The van der Waals surface area contributed by atoms with Crippen molar-refractivity contribution in [2.45, 2.75) is 11.4 Å². The van der Waals surface area contributed by atoms with Gasteiger partial charge in [0.05, 0.1) is 24.3 Å². The molecule has 0 aliphatic carbocycles. The molecule has 4 heteroatoms. The molecule has 1 aliphatic rings. The zero-order valence-corrected chi connectivity index (χ0v) is 16.7. The SMILES string of the molecule is C1=C(Cn2ccnc2)N(c2ccccc2)S(c2ccccc2)=C1c1ccccc1. The summed E-state index contributed by atoms with van der Waals surface area (Å²) in [5, 5.41) is 0. The summed E-state index contributed by atoms with van der Waals surface area (Å²) in [6.45, 7) is 0.779. The molecule has 0 fully saturated rings. The lowest BCUT2D eigenvalue weighted by molar-refractivity contribution is 0.777. The Morgan fingerprint density at radius 2 is 1.41 bits per heavy atom. The second kappa shape index (κ2) is 7.94. The Hall–Kier alpha value is -3.37. The molecule has 3 aromatic carbocycles. The average Bonchev–Trinajstić information content (AvgIpc) is 3.44. The summed E-state index contributed by atoms with van der Waals surface area (Å²) in [4.78, 5) is 6.88. The first kappa shape index (κ1) is 17.7. The van der Waals surface area contributed by atoms with E-state index in [1.165, 1.54) is 26.7 Å². The fourth-order valence-corrected chi connectivity index (χ4v) is 5.93. The number of imidazole rings is 1. The van der Waals surface area contributed by atoms with Crippen LogP contribution in [0.15, 0.2) is 126 Å². The van der Waals surface area contributed by atoms with Crippen LogP contribution in [0, 0.1) is 0 Å². The molecule has 1 aliphatic heterocycles. The Morgan fingerprint density at radius 3 is 2.07 bits per heavy atom. The highest BCUT2D eigenvalue weighted by molar-refractivity contribution is 8.18. The number of nitrogens with zero attached hydrogens (tertiary/aromatic N) is 3. The molecule has 1 unspecified atom stereocenters. The predicted octanol–water partition coefficient (Wildman–Crippen LogP) is 5.75. The van der Waals surface area contributed by atoms with E-state index in [1.807, 2.05) is 18.7 Å². The molecule has 3 nitrogen and oxygen atoms in total. The largest absolute Gasteiger partial charge is 0.332 e. The Kier molecular flexibility index (Phi) is 4.85. The molecule has 1 atom stereocenters. The number of allylic oxidation sites excluding steroid dienone is 2. The minimum Gasteiger partial charge on any atom is -0.332 e. The van der Waals surface area contributed by atoms with Gasteiger partial charge in [-0.2, -0.15) is 0 Å². The molecule has 0 saturated heterocycles. The van der Waals surface area contributed by atoms with Crippen molar-refractivity contribution < 1.29 is 0 Å². The van der Waals surface area contributed by atoms with Gasteiger partial charge in [-0.1, -0.05) is 66.7 Å². The van der Waals surface area contributed by atoms with Crippen molar-refractivity contribution in [1.82, 2.24) is 9.55 Å². The minimum absolute atomic E-state index is 0.236. The van der Waals surface area contributed by atoms with Crippen LogP contribution < -0.4 is 4.31 Å². The van der Waals surface area contributed by atoms with E-state index in [4.69, 9.17) is 0 Å². The summed E-state index contributed by atoms with van der Waals surface area (Å²) >= 11 is 0. The Balaban J connectivity index is 1.71. The molecule has 0 radical (unpaired) electrons. The van der Waals surface area contributed by atoms with Crippen LogP contribution in [0.5, 0.6) is 0 Å². The van der Waals surface area contributed by atoms with Crippen LogP contribution >= 0.6 is 10.7 Å². The molecular formula is C25H21N3S. The van der Waals surface area contributed by atoms with E-state index >= 15 is 0 Å². The standard InChI is InChI=1S/C25H21N3S/c1-4-10-21(11-5-1)25-18-23(19-27-17-16-26-20-27)28(22-12-6-2-7-13-22)29(25)24-14-8-3-9-15-24/h1-18,20H,19H2. The van der Waals surface area contributed by atoms with Gasteiger partial charge in [0.2, 0.25) is 0 Å².